The van der Waals surface area contributed by atoms with Crippen molar-refractivity contribution in [2.75, 3.05) is 0 Å². The van der Waals surface area contributed by atoms with E-state index in [0.717, 1.165) is 0 Å². The van der Waals surface area contributed by atoms with E-state index >= 15 is 0 Å². The molecule has 0 aliphatic rings. The highest BCUT2D eigenvalue weighted by atomic mass is 19.4. The molecule has 2 N–H and O–H groups in total. The molecule has 1 heterocycles. The van der Waals surface area contributed by atoms with Gasteiger partial charge in [0.15, 0.2) is 0 Å². The Morgan fingerprint density at radius 3 is 2.52 bits per heavy atom. The molecule has 0 aliphatic carbocycles. The first-order valence-electron chi connectivity index (χ1n) is 5.96. The minimum absolute atomic E-state index is 0.238. The molecular weight excluding hydrogens is 286 g/mol. The van der Waals surface area contributed by atoms with Gasteiger partial charge in [-0.05, 0) is 36.1 Å². The van der Waals surface area contributed by atoms with E-state index in [1.165, 1.54) is 30.5 Å². The fraction of sp³-hybridized carbons (Fsp3) is 0.154. The molecule has 1 aromatic heterocycles. The molecule has 21 heavy (non-hydrogen) atoms. The molecule has 0 radical (unpaired) electrons. The number of aromatic nitrogens is 1. The van der Waals surface area contributed by atoms with E-state index in [1.54, 1.807) is 13.0 Å². The second-order valence-electron chi connectivity index (χ2n) is 4.32. The molecule has 2 rings (SSSR count). The highest BCUT2D eigenvalue weighted by Gasteiger charge is 2.31. The minimum Gasteiger partial charge on any atom is -0.423 e. The SMILES string of the molecule is Cc1c(B(O)O)ccnc1-c1cccc(OC(F)(F)F)c1. The highest BCUT2D eigenvalue weighted by molar-refractivity contribution is 6.59. The first-order chi connectivity index (χ1) is 9.78. The van der Waals surface area contributed by atoms with Gasteiger partial charge in [-0.2, -0.15) is 0 Å². The molecule has 4 nitrogen and oxygen atoms in total. The van der Waals surface area contributed by atoms with Crippen molar-refractivity contribution >= 4 is 12.6 Å². The monoisotopic (exact) mass is 297 g/mol. The standard InChI is InChI=1S/C13H11BF3NO3/c1-8-11(14(19)20)5-6-18-12(8)9-3-2-4-10(7-9)21-13(15,16)17/h2-7,19-20H,1H3. The first kappa shape index (κ1) is 15.3. The average Bonchev–Trinajstić information content (AvgIpc) is 2.36. The minimum atomic E-state index is -4.77. The van der Waals surface area contributed by atoms with Gasteiger partial charge in [-0.3, -0.25) is 4.98 Å². The van der Waals surface area contributed by atoms with Gasteiger partial charge in [0, 0.05) is 11.8 Å². The number of nitrogens with zero attached hydrogens (tertiary/aromatic N) is 1. The predicted octanol–water partition coefficient (Wildman–Crippen LogP) is 1.64. The zero-order valence-electron chi connectivity index (χ0n) is 10.9. The maximum Gasteiger partial charge on any atom is 0.573 e. The van der Waals surface area contributed by atoms with Crippen molar-refractivity contribution in [1.29, 1.82) is 0 Å². The molecule has 0 fully saturated rings. The van der Waals surface area contributed by atoms with Gasteiger partial charge in [0.25, 0.3) is 0 Å². The third-order valence-electron chi connectivity index (χ3n) is 2.87. The number of hydrogen-bond acceptors (Lipinski definition) is 4. The van der Waals surface area contributed by atoms with Crippen LogP contribution in [0, 0.1) is 6.92 Å². The Hall–Kier alpha value is -2.06. The number of benzene rings is 1. The molecule has 1 aromatic carbocycles. The van der Waals surface area contributed by atoms with Crippen molar-refractivity contribution in [1.82, 2.24) is 4.98 Å². The lowest BCUT2D eigenvalue weighted by molar-refractivity contribution is -0.274. The lowest BCUT2D eigenvalue weighted by Crippen LogP contribution is -2.32. The van der Waals surface area contributed by atoms with Gasteiger partial charge in [0.05, 0.1) is 5.69 Å². The Bertz CT molecular complexity index is 647. The summed E-state index contributed by atoms with van der Waals surface area (Å²) in [7, 11) is -1.68. The van der Waals surface area contributed by atoms with Crippen molar-refractivity contribution < 1.29 is 28.0 Å². The van der Waals surface area contributed by atoms with E-state index in [-0.39, 0.29) is 11.2 Å². The Labute approximate surface area is 119 Å². The summed E-state index contributed by atoms with van der Waals surface area (Å²) >= 11 is 0. The molecule has 110 valence electrons. The largest absolute Gasteiger partial charge is 0.573 e. The summed E-state index contributed by atoms with van der Waals surface area (Å²) < 4.78 is 40.5. The predicted molar refractivity (Wildman–Crippen MR) is 70.9 cm³/mol. The van der Waals surface area contributed by atoms with Crippen LogP contribution < -0.4 is 10.2 Å². The Kier molecular flexibility index (Phi) is 4.20. The molecule has 0 unspecified atom stereocenters. The van der Waals surface area contributed by atoms with Gasteiger partial charge in [-0.1, -0.05) is 12.1 Å². The number of ether oxygens (including phenoxy) is 1. The third kappa shape index (κ3) is 3.74. The summed E-state index contributed by atoms with van der Waals surface area (Å²) in [5.74, 6) is -0.365. The van der Waals surface area contributed by atoms with E-state index < -0.39 is 13.5 Å². The van der Waals surface area contributed by atoms with E-state index in [4.69, 9.17) is 0 Å². The van der Waals surface area contributed by atoms with Gasteiger partial charge < -0.3 is 14.8 Å². The number of hydrogen-bond donors (Lipinski definition) is 2. The summed E-state index contributed by atoms with van der Waals surface area (Å²) in [6.07, 6.45) is -3.42. The number of alkyl halides is 3. The molecule has 2 aromatic rings. The number of rotatable bonds is 3. The van der Waals surface area contributed by atoms with Crippen LogP contribution in [0.3, 0.4) is 0 Å². The van der Waals surface area contributed by atoms with Crippen molar-refractivity contribution in [2.45, 2.75) is 13.3 Å². The zero-order chi connectivity index (χ0) is 15.6. The topological polar surface area (TPSA) is 62.6 Å². The highest BCUT2D eigenvalue weighted by Crippen LogP contribution is 2.28. The molecule has 0 bridgehead atoms. The second kappa shape index (κ2) is 5.75. The Morgan fingerprint density at radius 1 is 1.19 bits per heavy atom. The van der Waals surface area contributed by atoms with Gasteiger partial charge in [-0.15, -0.1) is 13.2 Å². The summed E-state index contributed by atoms with van der Waals surface area (Å²) in [5, 5.41) is 18.5. The lowest BCUT2D eigenvalue weighted by atomic mass is 9.77. The molecule has 0 atom stereocenters. The smallest absolute Gasteiger partial charge is 0.423 e. The van der Waals surface area contributed by atoms with Crippen LogP contribution in [0.15, 0.2) is 36.5 Å². The second-order valence-corrected chi connectivity index (χ2v) is 4.32. The molecule has 0 saturated heterocycles. The summed E-state index contributed by atoms with van der Waals surface area (Å²) in [5.41, 5.74) is 1.45. The lowest BCUT2D eigenvalue weighted by Gasteiger charge is -2.12. The maximum absolute atomic E-state index is 12.2. The Morgan fingerprint density at radius 2 is 1.90 bits per heavy atom. The van der Waals surface area contributed by atoms with Crippen molar-refractivity contribution in [3.8, 4) is 17.0 Å². The van der Waals surface area contributed by atoms with E-state index in [9.17, 15) is 23.2 Å². The molecule has 0 spiro atoms. The zero-order valence-corrected chi connectivity index (χ0v) is 10.9. The fourth-order valence-electron chi connectivity index (χ4n) is 1.96. The maximum atomic E-state index is 12.2. The molecule has 0 aliphatic heterocycles. The van der Waals surface area contributed by atoms with Crippen molar-refractivity contribution in [3.05, 3.63) is 42.1 Å². The van der Waals surface area contributed by atoms with E-state index in [0.29, 0.717) is 16.8 Å². The van der Waals surface area contributed by atoms with E-state index in [2.05, 4.69) is 9.72 Å². The number of halogens is 3. The Balaban J connectivity index is 2.43. The summed E-state index contributed by atoms with van der Waals surface area (Å²) in [4.78, 5) is 4.07. The number of pyridine rings is 1. The van der Waals surface area contributed by atoms with Crippen LogP contribution in [0.2, 0.25) is 0 Å². The average molecular weight is 297 g/mol. The van der Waals surface area contributed by atoms with Gasteiger partial charge in [-0.25, -0.2) is 0 Å². The van der Waals surface area contributed by atoms with Crippen LogP contribution in [-0.4, -0.2) is 28.5 Å². The third-order valence-corrected chi connectivity index (χ3v) is 2.87. The molecular formula is C13H11BF3NO3. The van der Waals surface area contributed by atoms with Crippen LogP contribution in [0.5, 0.6) is 5.75 Å². The van der Waals surface area contributed by atoms with Crippen molar-refractivity contribution in [2.24, 2.45) is 0 Å². The van der Waals surface area contributed by atoms with E-state index in [1.807, 2.05) is 0 Å². The van der Waals surface area contributed by atoms with Crippen LogP contribution in [0.25, 0.3) is 11.3 Å². The van der Waals surface area contributed by atoms with Crippen LogP contribution >= 0.6 is 0 Å². The molecule has 8 heteroatoms. The first-order valence-corrected chi connectivity index (χ1v) is 5.96. The summed E-state index contributed by atoms with van der Waals surface area (Å²) in [6.45, 7) is 1.61. The van der Waals surface area contributed by atoms with Crippen LogP contribution in [-0.2, 0) is 0 Å². The van der Waals surface area contributed by atoms with Crippen LogP contribution in [0.1, 0.15) is 5.56 Å². The van der Waals surface area contributed by atoms with Gasteiger partial charge in [0.2, 0.25) is 0 Å². The van der Waals surface area contributed by atoms with Gasteiger partial charge >= 0.3 is 13.5 Å². The van der Waals surface area contributed by atoms with Crippen LogP contribution in [0.4, 0.5) is 13.2 Å². The fourth-order valence-corrected chi connectivity index (χ4v) is 1.96. The summed E-state index contributed by atoms with van der Waals surface area (Å²) in [6, 6.07) is 6.76. The van der Waals surface area contributed by atoms with Crippen molar-refractivity contribution in [3.63, 3.8) is 0 Å². The molecule has 0 amide bonds. The quantitative estimate of drug-likeness (QED) is 0.845. The van der Waals surface area contributed by atoms with Gasteiger partial charge in [0.1, 0.15) is 5.75 Å². The molecule has 0 saturated carbocycles. The normalized spacial score (nSPS) is 11.3.